The Morgan fingerprint density at radius 1 is 0.950 bits per heavy atom. The topological polar surface area (TPSA) is 280 Å². The summed E-state index contributed by atoms with van der Waals surface area (Å²) in [5, 5.41) is 57.9. The van der Waals surface area contributed by atoms with Gasteiger partial charge in [-0.05, 0) is 60.7 Å². The summed E-state index contributed by atoms with van der Waals surface area (Å²) in [7, 11) is 3.23. The molecular formula is C42H61N5O13. The van der Waals surface area contributed by atoms with Gasteiger partial charge in [0.1, 0.15) is 36.7 Å². The molecule has 18 heteroatoms. The molecule has 2 aromatic carbocycles. The van der Waals surface area contributed by atoms with E-state index in [4.69, 9.17) is 19.9 Å². The number of nitrogens with zero attached hydrogens (tertiary/aromatic N) is 1. The van der Waals surface area contributed by atoms with Crippen molar-refractivity contribution in [2.45, 2.75) is 123 Å². The largest absolute Gasteiger partial charge is 0.479 e. The predicted octanol–water partition coefficient (Wildman–Crippen LogP) is 2.08. The highest BCUT2D eigenvalue weighted by molar-refractivity contribution is 5.92. The molecule has 8 atom stereocenters. The zero-order valence-electron chi connectivity index (χ0n) is 35.8. The third kappa shape index (κ3) is 12.0. The van der Waals surface area contributed by atoms with Crippen LogP contribution in [0.15, 0.2) is 54.1 Å². The molecule has 0 bridgehead atoms. The Hall–Kier alpha value is -5.11. The van der Waals surface area contributed by atoms with Crippen LogP contribution in [-0.4, -0.2) is 123 Å². The van der Waals surface area contributed by atoms with E-state index in [1.54, 1.807) is 56.6 Å². The highest BCUT2D eigenvalue weighted by Crippen LogP contribution is 2.32. The van der Waals surface area contributed by atoms with Crippen LogP contribution < -0.4 is 26.4 Å². The van der Waals surface area contributed by atoms with E-state index >= 15 is 0 Å². The maximum absolute atomic E-state index is 14.1. The average molecular weight is 844 g/mol. The SMILES string of the molecule is CN[C@H](C(=O)N[C@H](C(=O)N(C)[C@H](/C=C(\C)C(=O)O)C(C)C)C(C)(C)C)C(C)(C)c1cccc(NC(=O)OCc2ccc(O[C@@H]3O[C@H](C(=O)O)[C@@H](O)[C@H](O)[C@H]3O)c(CN)c2)c1. The molecule has 60 heavy (non-hydrogen) atoms. The molecule has 0 saturated carbocycles. The number of ether oxygens (including phenoxy) is 3. The minimum atomic E-state index is -1.88. The first-order valence-corrected chi connectivity index (χ1v) is 19.5. The van der Waals surface area contributed by atoms with Gasteiger partial charge in [0, 0.05) is 35.8 Å². The molecule has 0 aromatic heterocycles. The van der Waals surface area contributed by atoms with Gasteiger partial charge in [-0.15, -0.1) is 0 Å². The summed E-state index contributed by atoms with van der Waals surface area (Å²) in [6.45, 7) is 14.2. The van der Waals surface area contributed by atoms with Gasteiger partial charge >= 0.3 is 18.0 Å². The number of nitrogens with one attached hydrogen (secondary N) is 3. The van der Waals surface area contributed by atoms with Crippen LogP contribution in [0.3, 0.4) is 0 Å². The second kappa shape index (κ2) is 20.4. The Balaban J connectivity index is 1.73. The summed E-state index contributed by atoms with van der Waals surface area (Å²) in [5.74, 6) is -3.49. The lowest BCUT2D eigenvalue weighted by Crippen LogP contribution is -2.61. The lowest BCUT2D eigenvalue weighted by atomic mass is 9.76. The zero-order chi connectivity index (χ0) is 45.4. The number of carbonyl (C=O) groups excluding carboxylic acids is 3. The number of hydrogen-bond acceptors (Lipinski definition) is 13. The normalized spacial score (nSPS) is 21.3. The smallest absolute Gasteiger partial charge is 0.411 e. The Labute approximate surface area is 350 Å². The van der Waals surface area contributed by atoms with E-state index in [9.17, 15) is 49.5 Å². The number of carboxylic acid groups (broad SMARTS) is 2. The number of aliphatic hydroxyl groups is 3. The first-order chi connectivity index (χ1) is 27.8. The number of anilines is 1. The maximum Gasteiger partial charge on any atom is 0.411 e. The molecule has 3 rings (SSSR count). The van der Waals surface area contributed by atoms with Crippen molar-refractivity contribution in [2.24, 2.45) is 17.1 Å². The molecule has 0 radical (unpaired) electrons. The monoisotopic (exact) mass is 843 g/mol. The van der Waals surface area contributed by atoms with Gasteiger partial charge in [-0.25, -0.2) is 14.4 Å². The van der Waals surface area contributed by atoms with Crippen LogP contribution in [0.2, 0.25) is 0 Å². The Kier molecular flexibility index (Phi) is 16.8. The molecule has 0 unspecified atom stereocenters. The Morgan fingerprint density at radius 3 is 2.15 bits per heavy atom. The average Bonchev–Trinajstić information content (AvgIpc) is 3.17. The van der Waals surface area contributed by atoms with Crippen molar-refractivity contribution in [3.8, 4) is 5.75 Å². The number of nitrogens with two attached hydrogens (primary N) is 1. The zero-order valence-corrected chi connectivity index (χ0v) is 35.8. The molecule has 0 aliphatic carbocycles. The molecule has 1 heterocycles. The molecule has 10 N–H and O–H groups in total. The van der Waals surface area contributed by atoms with E-state index in [-0.39, 0.29) is 36.3 Å². The van der Waals surface area contributed by atoms with Crippen LogP contribution in [0.1, 0.15) is 72.1 Å². The molecule has 1 aliphatic heterocycles. The van der Waals surface area contributed by atoms with E-state index in [0.29, 0.717) is 22.4 Å². The van der Waals surface area contributed by atoms with Gasteiger partial charge in [0.25, 0.3) is 0 Å². The molecule has 3 amide bonds. The van der Waals surface area contributed by atoms with Gasteiger partial charge in [-0.3, -0.25) is 14.9 Å². The van der Waals surface area contributed by atoms with Gasteiger partial charge in [0.2, 0.25) is 18.1 Å². The number of benzene rings is 2. The van der Waals surface area contributed by atoms with Crippen LogP contribution >= 0.6 is 0 Å². The summed E-state index contributed by atoms with van der Waals surface area (Å²) in [4.78, 5) is 65.6. The Bertz CT molecular complexity index is 1890. The third-order valence-electron chi connectivity index (χ3n) is 10.5. The van der Waals surface area contributed by atoms with Gasteiger partial charge < -0.3 is 61.0 Å². The lowest BCUT2D eigenvalue weighted by molar-refractivity contribution is -0.271. The fraction of sp³-hybridized carbons (Fsp3) is 0.548. The van der Waals surface area contributed by atoms with E-state index in [0.717, 1.165) is 0 Å². The van der Waals surface area contributed by atoms with Crippen molar-refractivity contribution < 1.29 is 63.7 Å². The molecule has 332 valence electrons. The number of amides is 3. The fourth-order valence-corrected chi connectivity index (χ4v) is 6.86. The number of carbonyl (C=O) groups is 5. The summed E-state index contributed by atoms with van der Waals surface area (Å²) >= 11 is 0. The van der Waals surface area contributed by atoms with E-state index in [1.165, 1.54) is 17.9 Å². The lowest BCUT2D eigenvalue weighted by Gasteiger charge is -2.40. The van der Waals surface area contributed by atoms with Gasteiger partial charge in [0.05, 0.1) is 12.1 Å². The molecule has 0 spiro atoms. The summed E-state index contributed by atoms with van der Waals surface area (Å²) in [6, 6.07) is 9.06. The standard InChI is InChI=1S/C42H61N5O13/c1-21(2)27(16-22(3)37(53)54)47(10)36(52)34(41(4,5)6)46-35(51)33(44-9)42(7,8)25-12-11-13-26(18-25)45-40(57)58-20-23-14-15-28(24(17-23)19-43)59-39-31(50)29(48)30(49)32(60-39)38(55)56/h11-18,21,27,29-34,39,44,48-50H,19-20,43H2,1-10H3,(H,45,57)(H,46,51)(H,53,54)(H,55,56)/b22-16+/t27-,29+,30+,31-,32+,33-,34-,39-/m1/s1. The van der Waals surface area contributed by atoms with Crippen molar-refractivity contribution in [1.82, 2.24) is 15.5 Å². The second-order valence-corrected chi connectivity index (χ2v) is 16.9. The van der Waals surface area contributed by atoms with Crippen molar-refractivity contribution in [2.75, 3.05) is 19.4 Å². The number of rotatable bonds is 17. The van der Waals surface area contributed by atoms with Crippen LogP contribution in [0.5, 0.6) is 5.75 Å². The predicted molar refractivity (Wildman–Crippen MR) is 220 cm³/mol. The van der Waals surface area contributed by atoms with Crippen molar-refractivity contribution in [3.05, 3.63) is 70.8 Å². The summed E-state index contributed by atoms with van der Waals surface area (Å²) in [6.07, 6.45) is -8.25. The Morgan fingerprint density at radius 2 is 1.60 bits per heavy atom. The van der Waals surface area contributed by atoms with Crippen LogP contribution in [0.4, 0.5) is 10.5 Å². The number of carboxylic acids is 2. The molecule has 1 saturated heterocycles. The molecular weight excluding hydrogens is 782 g/mol. The maximum atomic E-state index is 14.1. The number of hydrogen-bond donors (Lipinski definition) is 9. The molecule has 1 fully saturated rings. The van der Waals surface area contributed by atoms with Crippen LogP contribution in [0, 0.1) is 11.3 Å². The number of aliphatic carboxylic acids is 2. The number of aliphatic hydroxyl groups excluding tert-OH is 3. The van der Waals surface area contributed by atoms with Crippen LogP contribution in [0.25, 0.3) is 0 Å². The molecule has 18 nitrogen and oxygen atoms in total. The van der Waals surface area contributed by atoms with Crippen molar-refractivity contribution >= 4 is 35.5 Å². The van der Waals surface area contributed by atoms with Crippen LogP contribution in [-0.2, 0) is 47.2 Å². The summed E-state index contributed by atoms with van der Waals surface area (Å²) < 4.78 is 16.3. The van der Waals surface area contributed by atoms with Crippen molar-refractivity contribution in [1.29, 1.82) is 0 Å². The van der Waals surface area contributed by atoms with Gasteiger partial charge in [-0.2, -0.15) is 0 Å². The van der Waals surface area contributed by atoms with Gasteiger partial charge in [0.15, 0.2) is 6.10 Å². The first-order valence-electron chi connectivity index (χ1n) is 19.5. The van der Waals surface area contributed by atoms with Gasteiger partial charge in [-0.1, -0.05) is 72.7 Å². The second-order valence-electron chi connectivity index (χ2n) is 16.9. The fourth-order valence-electron chi connectivity index (χ4n) is 6.86. The van der Waals surface area contributed by atoms with E-state index in [2.05, 4.69) is 16.0 Å². The highest BCUT2D eigenvalue weighted by atomic mass is 16.7. The first kappa shape index (κ1) is 49.3. The minimum Gasteiger partial charge on any atom is -0.479 e. The number of likely N-dealkylation sites (N-methyl/N-ethyl adjacent to an activating group) is 2. The molecule has 1 aliphatic rings. The van der Waals surface area contributed by atoms with E-state index in [1.807, 2.05) is 48.5 Å². The minimum absolute atomic E-state index is 0.0747. The summed E-state index contributed by atoms with van der Waals surface area (Å²) in [5.41, 5.74) is 6.32. The quantitative estimate of drug-likeness (QED) is 0.103. The third-order valence-corrected chi connectivity index (χ3v) is 10.5. The highest BCUT2D eigenvalue weighted by Gasteiger charge is 2.48. The van der Waals surface area contributed by atoms with E-state index < -0.39 is 83.6 Å². The van der Waals surface area contributed by atoms with Crippen molar-refractivity contribution in [3.63, 3.8) is 0 Å². The molecule has 2 aromatic rings.